The molecule has 0 aliphatic carbocycles. The van der Waals surface area contributed by atoms with Crippen LogP contribution < -0.4 is 0 Å². The number of hydrogen-bond acceptors (Lipinski definition) is 4. The molecule has 2 aromatic rings. The normalized spacial score (nSPS) is 11.7. The Morgan fingerprint density at radius 3 is 2.82 bits per heavy atom. The molecule has 17 heavy (non-hydrogen) atoms. The Labute approximate surface area is 99.9 Å². The van der Waals surface area contributed by atoms with Crippen molar-refractivity contribution in [2.24, 2.45) is 5.41 Å². The maximum atomic E-state index is 9.27. The quantitative estimate of drug-likeness (QED) is 0.836. The van der Waals surface area contributed by atoms with Crippen LogP contribution in [0.3, 0.4) is 0 Å². The third-order valence-corrected chi connectivity index (χ3v) is 2.64. The molecule has 0 fully saturated rings. The Morgan fingerprint density at radius 1 is 1.35 bits per heavy atom. The third kappa shape index (κ3) is 2.88. The van der Waals surface area contributed by atoms with Crippen LogP contribution in [0.15, 0.2) is 24.3 Å². The molecular formula is C12H16N4O. The summed E-state index contributed by atoms with van der Waals surface area (Å²) in [4.78, 5) is 0. The van der Waals surface area contributed by atoms with Crippen LogP contribution in [0.5, 0.6) is 0 Å². The second kappa shape index (κ2) is 4.63. The summed E-state index contributed by atoms with van der Waals surface area (Å²) in [5.74, 6) is 0.591. The van der Waals surface area contributed by atoms with E-state index in [2.05, 4.69) is 20.6 Å². The van der Waals surface area contributed by atoms with Crippen LogP contribution in [0.2, 0.25) is 0 Å². The zero-order valence-electron chi connectivity index (χ0n) is 10.0. The lowest BCUT2D eigenvalue weighted by Gasteiger charge is -2.21. The Kier molecular flexibility index (Phi) is 3.19. The predicted octanol–water partition coefficient (Wildman–Crippen LogP) is 1.43. The predicted molar refractivity (Wildman–Crippen MR) is 64.2 cm³/mol. The molecule has 1 aromatic carbocycles. The number of hydrogen-bond donors (Lipinski definition) is 2. The number of nitrogens with zero attached hydrogens (tertiary/aromatic N) is 3. The van der Waals surface area contributed by atoms with E-state index in [0.29, 0.717) is 5.82 Å². The molecule has 0 saturated carbocycles. The van der Waals surface area contributed by atoms with Gasteiger partial charge in [-0.1, -0.05) is 32.0 Å². The van der Waals surface area contributed by atoms with Crippen molar-refractivity contribution in [3.05, 3.63) is 29.8 Å². The molecule has 1 heterocycles. The number of benzene rings is 1. The maximum Gasteiger partial charge on any atom is 0.204 e. The van der Waals surface area contributed by atoms with E-state index >= 15 is 0 Å². The van der Waals surface area contributed by atoms with Crippen molar-refractivity contribution < 1.29 is 5.11 Å². The number of tetrazole rings is 1. The minimum absolute atomic E-state index is 0.115. The van der Waals surface area contributed by atoms with Crippen molar-refractivity contribution >= 4 is 0 Å². The molecular weight excluding hydrogens is 216 g/mol. The highest BCUT2D eigenvalue weighted by Crippen LogP contribution is 2.23. The van der Waals surface area contributed by atoms with Crippen molar-refractivity contribution in [1.29, 1.82) is 0 Å². The van der Waals surface area contributed by atoms with Crippen LogP contribution in [-0.2, 0) is 6.42 Å². The lowest BCUT2D eigenvalue weighted by atomic mass is 9.86. The zero-order chi connectivity index (χ0) is 12.3. The van der Waals surface area contributed by atoms with Gasteiger partial charge in [0, 0.05) is 12.2 Å². The van der Waals surface area contributed by atoms with E-state index in [-0.39, 0.29) is 12.0 Å². The first-order chi connectivity index (χ1) is 8.11. The van der Waals surface area contributed by atoms with E-state index in [9.17, 15) is 5.11 Å². The molecule has 90 valence electrons. The van der Waals surface area contributed by atoms with E-state index in [4.69, 9.17) is 0 Å². The van der Waals surface area contributed by atoms with Gasteiger partial charge in [-0.05, 0) is 28.7 Å². The molecule has 0 unspecified atom stereocenters. The standard InChI is InChI=1S/C12H16N4O/c1-12(2,8-17)7-9-4-3-5-10(6-9)11-13-15-16-14-11/h3-6,17H,7-8H2,1-2H3,(H,13,14,15,16). The Hall–Kier alpha value is -1.75. The van der Waals surface area contributed by atoms with Gasteiger partial charge < -0.3 is 5.11 Å². The number of H-pyrrole nitrogens is 1. The highest BCUT2D eigenvalue weighted by atomic mass is 16.3. The molecule has 0 atom stereocenters. The average molecular weight is 232 g/mol. The van der Waals surface area contributed by atoms with Gasteiger partial charge in [0.25, 0.3) is 0 Å². The van der Waals surface area contributed by atoms with E-state index < -0.39 is 0 Å². The molecule has 1 aromatic heterocycles. The van der Waals surface area contributed by atoms with Gasteiger partial charge >= 0.3 is 0 Å². The van der Waals surface area contributed by atoms with Crippen molar-refractivity contribution in [1.82, 2.24) is 20.6 Å². The first kappa shape index (κ1) is 11.7. The summed E-state index contributed by atoms with van der Waals surface area (Å²) in [7, 11) is 0. The molecule has 0 spiro atoms. The first-order valence-corrected chi connectivity index (χ1v) is 5.54. The monoisotopic (exact) mass is 232 g/mol. The topological polar surface area (TPSA) is 74.7 Å². The summed E-state index contributed by atoms with van der Waals surface area (Å²) in [6, 6.07) is 7.98. The number of aromatic amines is 1. The molecule has 0 amide bonds. The van der Waals surface area contributed by atoms with Gasteiger partial charge in [0.1, 0.15) is 0 Å². The van der Waals surface area contributed by atoms with Crippen LogP contribution in [0.25, 0.3) is 11.4 Å². The number of rotatable bonds is 4. The minimum atomic E-state index is -0.115. The SMILES string of the molecule is CC(C)(CO)Cc1cccc(-c2nn[nH]n2)c1. The van der Waals surface area contributed by atoms with Gasteiger partial charge in [-0.25, -0.2) is 0 Å². The first-order valence-electron chi connectivity index (χ1n) is 5.54. The molecule has 5 nitrogen and oxygen atoms in total. The van der Waals surface area contributed by atoms with Gasteiger partial charge in [0.2, 0.25) is 5.82 Å². The van der Waals surface area contributed by atoms with Gasteiger partial charge in [-0.3, -0.25) is 0 Å². The molecule has 5 heteroatoms. The van der Waals surface area contributed by atoms with E-state index in [1.54, 1.807) is 0 Å². The maximum absolute atomic E-state index is 9.27. The highest BCUT2D eigenvalue weighted by molar-refractivity contribution is 5.54. The summed E-state index contributed by atoms with van der Waals surface area (Å²) in [5.41, 5.74) is 1.98. The Bertz CT molecular complexity index is 479. The van der Waals surface area contributed by atoms with Crippen molar-refractivity contribution in [2.75, 3.05) is 6.61 Å². The van der Waals surface area contributed by atoms with E-state index in [1.165, 1.54) is 0 Å². The van der Waals surface area contributed by atoms with Gasteiger partial charge in [-0.2, -0.15) is 5.21 Å². The molecule has 0 aliphatic heterocycles. The highest BCUT2D eigenvalue weighted by Gasteiger charge is 2.17. The summed E-state index contributed by atoms with van der Waals surface area (Å²) in [6.45, 7) is 4.24. The van der Waals surface area contributed by atoms with Crippen molar-refractivity contribution in [3.8, 4) is 11.4 Å². The average Bonchev–Trinajstić information content (AvgIpc) is 2.82. The molecule has 0 saturated heterocycles. The summed E-state index contributed by atoms with van der Waals surface area (Å²) < 4.78 is 0. The number of aliphatic hydroxyl groups excluding tert-OH is 1. The van der Waals surface area contributed by atoms with Gasteiger partial charge in [0.15, 0.2) is 0 Å². The smallest absolute Gasteiger partial charge is 0.204 e. The minimum Gasteiger partial charge on any atom is -0.396 e. The zero-order valence-corrected chi connectivity index (χ0v) is 10.0. The Balaban J connectivity index is 2.23. The fourth-order valence-electron chi connectivity index (χ4n) is 1.71. The van der Waals surface area contributed by atoms with Gasteiger partial charge in [-0.15, -0.1) is 10.2 Å². The fourth-order valence-corrected chi connectivity index (χ4v) is 1.71. The van der Waals surface area contributed by atoms with Crippen LogP contribution >= 0.6 is 0 Å². The molecule has 0 radical (unpaired) electrons. The fraction of sp³-hybridized carbons (Fsp3) is 0.417. The van der Waals surface area contributed by atoms with E-state index in [1.807, 2.05) is 38.1 Å². The lowest BCUT2D eigenvalue weighted by Crippen LogP contribution is -2.19. The second-order valence-electron chi connectivity index (χ2n) is 4.93. The second-order valence-corrected chi connectivity index (χ2v) is 4.93. The lowest BCUT2D eigenvalue weighted by molar-refractivity contribution is 0.159. The number of nitrogens with one attached hydrogen (secondary N) is 1. The molecule has 0 aliphatic rings. The summed E-state index contributed by atoms with van der Waals surface area (Å²) in [6.07, 6.45) is 0.815. The van der Waals surface area contributed by atoms with Crippen molar-refractivity contribution in [3.63, 3.8) is 0 Å². The molecule has 2 rings (SSSR count). The molecule has 2 N–H and O–H groups in total. The number of aliphatic hydroxyl groups is 1. The Morgan fingerprint density at radius 2 is 2.18 bits per heavy atom. The van der Waals surface area contributed by atoms with Crippen LogP contribution in [0.4, 0.5) is 0 Å². The summed E-state index contributed by atoms with van der Waals surface area (Å²) in [5, 5.41) is 23.1. The van der Waals surface area contributed by atoms with Crippen molar-refractivity contribution in [2.45, 2.75) is 20.3 Å². The largest absolute Gasteiger partial charge is 0.396 e. The van der Waals surface area contributed by atoms with E-state index in [0.717, 1.165) is 17.5 Å². The summed E-state index contributed by atoms with van der Waals surface area (Å²) >= 11 is 0. The third-order valence-electron chi connectivity index (χ3n) is 2.64. The van der Waals surface area contributed by atoms with Crippen LogP contribution in [-0.4, -0.2) is 32.3 Å². The van der Waals surface area contributed by atoms with Crippen LogP contribution in [0.1, 0.15) is 19.4 Å². The number of aromatic nitrogens is 4. The molecule has 0 bridgehead atoms. The van der Waals surface area contributed by atoms with Crippen LogP contribution in [0, 0.1) is 5.41 Å². The van der Waals surface area contributed by atoms with Gasteiger partial charge in [0.05, 0.1) is 0 Å².